The van der Waals surface area contributed by atoms with E-state index in [0.717, 1.165) is 62.3 Å². The molecule has 20 heteroatoms. The lowest BCUT2D eigenvalue weighted by atomic mass is 10.2. The van der Waals surface area contributed by atoms with Gasteiger partial charge in [0.05, 0.1) is 42.7 Å². The van der Waals surface area contributed by atoms with Crippen LogP contribution in [0.25, 0.3) is 33.6 Å². The van der Waals surface area contributed by atoms with E-state index < -0.39 is 8.07 Å². The average Bonchev–Trinajstić information content (AvgIpc) is 4.09. The molecule has 0 fully saturated rings. The van der Waals surface area contributed by atoms with E-state index in [4.69, 9.17) is 23.4 Å². The summed E-state index contributed by atoms with van der Waals surface area (Å²) in [5, 5.41) is 20.2. The predicted molar refractivity (Wildman–Crippen MR) is 229 cm³/mol. The summed E-state index contributed by atoms with van der Waals surface area (Å²) in [6.45, 7) is 14.1. The number of halogens is 1. The lowest BCUT2D eigenvalue weighted by Crippen LogP contribution is -2.36. The summed E-state index contributed by atoms with van der Waals surface area (Å²) in [5.74, 6) is 4.46. The van der Waals surface area contributed by atoms with Gasteiger partial charge in [-0.2, -0.15) is 0 Å². The van der Waals surface area contributed by atoms with Crippen molar-refractivity contribution in [2.24, 2.45) is 5.16 Å². The molecule has 1 N–H and O–H groups in total. The highest BCUT2D eigenvalue weighted by atomic mass is 79.9. The second-order valence-corrected chi connectivity index (χ2v) is 18.8. The first-order valence-corrected chi connectivity index (χ1v) is 22.6. The fourth-order valence-corrected chi connectivity index (χ4v) is 5.54. The van der Waals surface area contributed by atoms with Gasteiger partial charge in [0.2, 0.25) is 0 Å². The second kappa shape index (κ2) is 23.5. The van der Waals surface area contributed by atoms with Gasteiger partial charge in [-0.05, 0) is 33.8 Å². The Morgan fingerprint density at radius 1 is 0.633 bits per heavy atom. The van der Waals surface area contributed by atoms with Crippen molar-refractivity contribution in [2.75, 3.05) is 7.11 Å². The molecule has 8 rings (SSSR count). The Bertz CT molecular complexity index is 2410. The highest BCUT2D eigenvalue weighted by Crippen LogP contribution is 2.19. The SMILES string of the molecule is BrCc1ncc(-c2ccon2)cn1.COc1cnc(C)nc1.Cc1ncc(-c2ccon2)cn1.Cc1ncc(-c2coc([Si](C)(C)C)c2)cn1.Cc1ncc(/C=N/O)cn1. The van der Waals surface area contributed by atoms with Crippen molar-refractivity contribution < 1.29 is 23.4 Å². The van der Waals surface area contributed by atoms with E-state index in [1.165, 1.54) is 18.7 Å². The lowest BCUT2D eigenvalue weighted by Gasteiger charge is -2.10. The van der Waals surface area contributed by atoms with Crippen LogP contribution >= 0.6 is 15.9 Å². The van der Waals surface area contributed by atoms with Crippen molar-refractivity contribution in [3.8, 4) is 39.4 Å². The van der Waals surface area contributed by atoms with Crippen LogP contribution in [-0.2, 0) is 5.33 Å². The molecule has 60 heavy (non-hydrogen) atoms. The Hall–Kier alpha value is -6.93. The molecule has 0 saturated carbocycles. The Kier molecular flexibility index (Phi) is 17.9. The summed E-state index contributed by atoms with van der Waals surface area (Å²) >= 11 is 3.27. The fraction of sp³-hybridized carbons (Fsp3) is 0.225. The quantitative estimate of drug-likeness (QED) is 0.0538. The molecule has 0 radical (unpaired) electrons. The van der Waals surface area contributed by atoms with Gasteiger partial charge in [-0.1, -0.05) is 51.0 Å². The van der Waals surface area contributed by atoms with Crippen LogP contribution in [0.5, 0.6) is 5.75 Å². The third kappa shape index (κ3) is 15.4. The standard InChI is InChI=1S/C12H16N2OSi.C8H6BrN3O.C8H7N3O.C6H7N3O.C6H8N2O/c1-9-13-6-11(7-14-9)10-5-12(15-8-10)16(2,3)4;9-3-8-10-4-6(5-11-8)7-1-2-13-12-7;1-6-9-4-7(5-10-6)8-2-3-12-11-8;1-5-7-2-6(3-8-5)4-9-10;1-5-7-3-6(9-2)4-8-5/h5-8H,1-4H3;1-2,4-5H,3H2;2-5H,1H3;2-4,10H,1H3;3-4H,1-2H3/b;;;9-4+;. The van der Waals surface area contributed by atoms with E-state index in [2.05, 4.69) is 107 Å². The highest BCUT2D eigenvalue weighted by molar-refractivity contribution is 9.08. The molecule has 0 saturated heterocycles. The molecule has 0 aliphatic heterocycles. The maximum Gasteiger partial charge on any atom is 0.155 e. The largest absolute Gasteiger partial charge is 0.494 e. The van der Waals surface area contributed by atoms with Crippen molar-refractivity contribution in [1.82, 2.24) is 60.2 Å². The zero-order valence-electron chi connectivity index (χ0n) is 34.3. The highest BCUT2D eigenvalue weighted by Gasteiger charge is 2.21. The number of hydrogen-bond acceptors (Lipinski definition) is 18. The van der Waals surface area contributed by atoms with Crippen molar-refractivity contribution in [2.45, 2.75) is 52.7 Å². The Balaban J connectivity index is 0.000000168. The minimum atomic E-state index is -1.36. The van der Waals surface area contributed by atoms with Crippen LogP contribution in [-0.4, -0.2) is 86.8 Å². The van der Waals surface area contributed by atoms with Gasteiger partial charge in [0, 0.05) is 89.5 Å². The van der Waals surface area contributed by atoms with Gasteiger partial charge < -0.3 is 23.4 Å². The first kappa shape index (κ1) is 45.8. The maximum atomic E-state index is 8.10. The lowest BCUT2D eigenvalue weighted by molar-refractivity contribution is 0.322. The summed E-state index contributed by atoms with van der Waals surface area (Å²) in [6, 6.07) is 5.65. The summed E-state index contributed by atoms with van der Waals surface area (Å²) in [4.78, 5) is 40.3. The topological polar surface area (TPSA) is 236 Å². The zero-order chi connectivity index (χ0) is 43.3. The minimum absolute atomic E-state index is 0.659. The maximum absolute atomic E-state index is 8.10. The number of ether oxygens (including phenoxy) is 1. The fourth-order valence-electron chi connectivity index (χ4n) is 4.25. The van der Waals surface area contributed by atoms with E-state index in [1.807, 2.05) is 33.2 Å². The summed E-state index contributed by atoms with van der Waals surface area (Å²) in [7, 11) is 0.228. The van der Waals surface area contributed by atoms with E-state index in [0.29, 0.717) is 22.5 Å². The molecule has 0 atom stereocenters. The second-order valence-electron chi connectivity index (χ2n) is 13.3. The number of aromatic nitrogens is 12. The van der Waals surface area contributed by atoms with E-state index in [9.17, 15) is 0 Å². The molecule has 8 heterocycles. The number of aryl methyl sites for hydroxylation is 4. The molecule has 18 nitrogen and oxygen atoms in total. The van der Waals surface area contributed by atoms with Gasteiger partial charge in [-0.25, -0.2) is 49.8 Å². The molecule has 0 unspecified atom stereocenters. The molecule has 0 spiro atoms. The van der Waals surface area contributed by atoms with Crippen molar-refractivity contribution in [3.05, 3.63) is 134 Å². The monoisotopic (exact) mass is 893 g/mol. The molecule has 0 aliphatic carbocycles. The normalized spacial score (nSPS) is 10.5. The van der Waals surface area contributed by atoms with Crippen LogP contribution in [0.1, 0.15) is 34.7 Å². The number of hydrogen-bond donors (Lipinski definition) is 1. The minimum Gasteiger partial charge on any atom is -0.494 e. The molecule has 0 aromatic carbocycles. The Labute approximate surface area is 355 Å². The summed E-state index contributed by atoms with van der Waals surface area (Å²) < 4.78 is 19.9. The summed E-state index contributed by atoms with van der Waals surface area (Å²) in [5.41, 5.74) is 6.01. The molecule has 0 bridgehead atoms. The Morgan fingerprint density at radius 3 is 1.45 bits per heavy atom. The van der Waals surface area contributed by atoms with Crippen LogP contribution < -0.4 is 10.1 Å². The smallest absolute Gasteiger partial charge is 0.155 e. The van der Waals surface area contributed by atoms with Gasteiger partial charge in [-0.3, -0.25) is 0 Å². The van der Waals surface area contributed by atoms with Gasteiger partial charge in [-0.15, -0.1) is 0 Å². The first-order chi connectivity index (χ1) is 28.9. The molecule has 0 aliphatic rings. The number of furan rings is 1. The molecular formula is C40H44BrN13O5Si. The zero-order valence-corrected chi connectivity index (χ0v) is 36.9. The van der Waals surface area contributed by atoms with Gasteiger partial charge >= 0.3 is 0 Å². The van der Waals surface area contributed by atoms with Crippen molar-refractivity contribution in [1.29, 1.82) is 0 Å². The number of alkyl halides is 1. The molecule has 8 aromatic heterocycles. The number of nitrogens with zero attached hydrogens (tertiary/aromatic N) is 13. The van der Waals surface area contributed by atoms with Crippen molar-refractivity contribution in [3.63, 3.8) is 0 Å². The van der Waals surface area contributed by atoms with Crippen LogP contribution in [0.3, 0.4) is 0 Å². The molecule has 8 aromatic rings. The van der Waals surface area contributed by atoms with Crippen LogP contribution in [0.4, 0.5) is 0 Å². The van der Waals surface area contributed by atoms with Crippen LogP contribution in [0.15, 0.2) is 118 Å². The predicted octanol–water partition coefficient (Wildman–Crippen LogP) is 7.44. The van der Waals surface area contributed by atoms with E-state index in [1.54, 1.807) is 82.0 Å². The van der Waals surface area contributed by atoms with Crippen LogP contribution in [0, 0.1) is 27.7 Å². The average molecular weight is 895 g/mol. The molecule has 310 valence electrons. The molecule has 0 amide bonds. The number of methoxy groups -OCH3 is 1. The van der Waals surface area contributed by atoms with Gasteiger partial charge in [0.25, 0.3) is 0 Å². The first-order valence-electron chi connectivity index (χ1n) is 18.0. The van der Waals surface area contributed by atoms with Gasteiger partial charge in [0.1, 0.15) is 61.1 Å². The third-order valence-corrected chi connectivity index (χ3v) is 9.77. The number of rotatable bonds is 7. The van der Waals surface area contributed by atoms with Gasteiger partial charge in [0.15, 0.2) is 5.75 Å². The van der Waals surface area contributed by atoms with Crippen LogP contribution in [0.2, 0.25) is 19.6 Å². The summed E-state index contributed by atoms with van der Waals surface area (Å²) in [6.07, 6.45) is 23.1. The number of oxime groups is 1. The Morgan fingerprint density at radius 2 is 1.07 bits per heavy atom. The molecular weight excluding hydrogens is 851 g/mol. The van der Waals surface area contributed by atoms with E-state index >= 15 is 0 Å². The van der Waals surface area contributed by atoms with E-state index in [-0.39, 0.29) is 0 Å². The third-order valence-electron chi connectivity index (χ3n) is 7.53. The van der Waals surface area contributed by atoms with Crippen molar-refractivity contribution >= 4 is 35.6 Å².